The van der Waals surface area contributed by atoms with E-state index < -0.39 is 12.0 Å². The van der Waals surface area contributed by atoms with Crippen molar-refractivity contribution in [3.8, 4) is 11.5 Å². The van der Waals surface area contributed by atoms with Crippen molar-refractivity contribution in [1.82, 2.24) is 10.6 Å². The molecule has 3 heterocycles. The van der Waals surface area contributed by atoms with Crippen LogP contribution in [0.4, 0.5) is 5.69 Å². The standard InChI is InChI=1S/C20H25N3O6/c1-12(19(25)21-9-15-3-2-6-27-15)22-20(26)13-7-18(24)23(10-13)14-4-5-16-17(8-14)29-11-28-16/h4-5,8,12-13,15H,2-3,6-7,9-11H2,1H3,(H,21,25)(H,22,26)/t12-,13-,15+/m0/s1. The van der Waals surface area contributed by atoms with Crippen LogP contribution in [0.1, 0.15) is 26.2 Å². The van der Waals surface area contributed by atoms with E-state index in [0.717, 1.165) is 19.4 Å². The second kappa shape index (κ2) is 8.28. The van der Waals surface area contributed by atoms with E-state index in [1.807, 2.05) is 0 Å². The van der Waals surface area contributed by atoms with Crippen LogP contribution in [0, 0.1) is 5.92 Å². The number of carbonyl (C=O) groups is 3. The third kappa shape index (κ3) is 4.29. The van der Waals surface area contributed by atoms with Gasteiger partial charge in [0.15, 0.2) is 11.5 Å². The predicted molar refractivity (Wildman–Crippen MR) is 103 cm³/mol. The van der Waals surface area contributed by atoms with Gasteiger partial charge in [-0.3, -0.25) is 14.4 Å². The summed E-state index contributed by atoms with van der Waals surface area (Å²) < 4.78 is 16.1. The largest absolute Gasteiger partial charge is 0.454 e. The molecule has 0 aliphatic carbocycles. The Hall–Kier alpha value is -2.81. The van der Waals surface area contributed by atoms with E-state index >= 15 is 0 Å². The van der Waals surface area contributed by atoms with Gasteiger partial charge in [-0.2, -0.15) is 0 Å². The van der Waals surface area contributed by atoms with E-state index in [0.29, 0.717) is 23.7 Å². The topological polar surface area (TPSA) is 106 Å². The summed E-state index contributed by atoms with van der Waals surface area (Å²) in [4.78, 5) is 38.8. The third-order valence-corrected chi connectivity index (χ3v) is 5.44. The van der Waals surface area contributed by atoms with Crippen LogP contribution >= 0.6 is 0 Å². The molecule has 9 heteroatoms. The molecule has 2 saturated heterocycles. The van der Waals surface area contributed by atoms with Crippen LogP contribution in [0.15, 0.2) is 18.2 Å². The number of ether oxygens (including phenoxy) is 3. The lowest BCUT2D eigenvalue weighted by atomic mass is 10.1. The molecule has 1 aromatic rings. The van der Waals surface area contributed by atoms with Crippen LogP contribution in [0.25, 0.3) is 0 Å². The lowest BCUT2D eigenvalue weighted by molar-refractivity contribution is -0.131. The molecule has 3 aliphatic rings. The highest BCUT2D eigenvalue weighted by molar-refractivity contribution is 6.01. The zero-order chi connectivity index (χ0) is 20.4. The maximum Gasteiger partial charge on any atom is 0.242 e. The van der Waals surface area contributed by atoms with Crippen molar-refractivity contribution in [2.24, 2.45) is 5.92 Å². The molecule has 0 spiro atoms. The number of anilines is 1. The minimum absolute atomic E-state index is 0.0459. The van der Waals surface area contributed by atoms with E-state index in [-0.39, 0.29) is 43.6 Å². The second-order valence-corrected chi connectivity index (χ2v) is 7.55. The van der Waals surface area contributed by atoms with Crippen molar-refractivity contribution in [3.63, 3.8) is 0 Å². The van der Waals surface area contributed by atoms with E-state index in [1.54, 1.807) is 30.0 Å². The summed E-state index contributed by atoms with van der Waals surface area (Å²) in [5.74, 6) is 0.00488. The molecule has 0 saturated carbocycles. The maximum absolute atomic E-state index is 12.6. The van der Waals surface area contributed by atoms with E-state index in [9.17, 15) is 14.4 Å². The zero-order valence-electron chi connectivity index (χ0n) is 16.3. The number of nitrogens with zero attached hydrogens (tertiary/aromatic N) is 1. The number of benzene rings is 1. The highest BCUT2D eigenvalue weighted by atomic mass is 16.7. The fourth-order valence-electron chi connectivity index (χ4n) is 3.76. The van der Waals surface area contributed by atoms with E-state index in [2.05, 4.69) is 10.6 Å². The van der Waals surface area contributed by atoms with Gasteiger partial charge in [0.1, 0.15) is 6.04 Å². The fourth-order valence-corrected chi connectivity index (χ4v) is 3.76. The Morgan fingerprint density at radius 2 is 2.10 bits per heavy atom. The van der Waals surface area contributed by atoms with Crippen molar-refractivity contribution in [1.29, 1.82) is 0 Å². The molecule has 29 heavy (non-hydrogen) atoms. The van der Waals surface area contributed by atoms with Gasteiger partial charge < -0.3 is 29.7 Å². The summed E-state index contributed by atoms with van der Waals surface area (Å²) in [6.45, 7) is 3.22. The number of hydrogen-bond acceptors (Lipinski definition) is 6. The van der Waals surface area contributed by atoms with Gasteiger partial charge in [-0.05, 0) is 31.9 Å². The summed E-state index contributed by atoms with van der Waals surface area (Å²) in [5, 5.41) is 5.52. The Morgan fingerprint density at radius 3 is 2.90 bits per heavy atom. The second-order valence-electron chi connectivity index (χ2n) is 7.55. The summed E-state index contributed by atoms with van der Waals surface area (Å²) in [5.41, 5.74) is 0.664. The molecule has 9 nitrogen and oxygen atoms in total. The van der Waals surface area contributed by atoms with Crippen molar-refractivity contribution in [2.75, 3.05) is 31.4 Å². The van der Waals surface area contributed by atoms with Crippen LogP contribution in [0.2, 0.25) is 0 Å². The number of fused-ring (bicyclic) bond motifs is 1. The van der Waals surface area contributed by atoms with Gasteiger partial charge in [0, 0.05) is 37.9 Å². The molecule has 2 fully saturated rings. The molecule has 3 atom stereocenters. The van der Waals surface area contributed by atoms with Crippen molar-refractivity contribution in [3.05, 3.63) is 18.2 Å². The Balaban J connectivity index is 1.30. The Labute approximate surface area is 168 Å². The minimum atomic E-state index is -0.682. The van der Waals surface area contributed by atoms with Gasteiger partial charge in [0.2, 0.25) is 24.5 Å². The molecule has 0 unspecified atom stereocenters. The van der Waals surface area contributed by atoms with Gasteiger partial charge in [-0.15, -0.1) is 0 Å². The molecular formula is C20H25N3O6. The Morgan fingerprint density at radius 1 is 1.28 bits per heavy atom. The minimum Gasteiger partial charge on any atom is -0.454 e. The third-order valence-electron chi connectivity index (χ3n) is 5.44. The molecule has 3 aliphatic heterocycles. The Kier molecular flexibility index (Phi) is 5.57. The highest BCUT2D eigenvalue weighted by Gasteiger charge is 2.36. The van der Waals surface area contributed by atoms with Crippen LogP contribution in [0.5, 0.6) is 11.5 Å². The number of carbonyl (C=O) groups excluding carboxylic acids is 3. The first-order valence-electron chi connectivity index (χ1n) is 9.91. The zero-order valence-corrected chi connectivity index (χ0v) is 16.3. The molecule has 0 aromatic heterocycles. The summed E-state index contributed by atoms with van der Waals surface area (Å²) in [6, 6.07) is 4.58. The van der Waals surface area contributed by atoms with Gasteiger partial charge in [0.25, 0.3) is 0 Å². The van der Waals surface area contributed by atoms with Crippen molar-refractivity contribution >= 4 is 23.4 Å². The van der Waals surface area contributed by atoms with Crippen molar-refractivity contribution in [2.45, 2.75) is 38.3 Å². The lowest BCUT2D eigenvalue weighted by Crippen LogP contribution is -2.48. The van der Waals surface area contributed by atoms with Gasteiger partial charge in [-0.1, -0.05) is 0 Å². The highest BCUT2D eigenvalue weighted by Crippen LogP contribution is 2.37. The number of nitrogens with one attached hydrogen (secondary N) is 2. The first-order chi connectivity index (χ1) is 14.0. The molecule has 156 valence electrons. The summed E-state index contributed by atoms with van der Waals surface area (Å²) in [7, 11) is 0. The van der Waals surface area contributed by atoms with Crippen molar-refractivity contribution < 1.29 is 28.6 Å². The first-order valence-corrected chi connectivity index (χ1v) is 9.91. The molecule has 4 rings (SSSR count). The fraction of sp³-hybridized carbons (Fsp3) is 0.550. The molecule has 3 amide bonds. The lowest BCUT2D eigenvalue weighted by Gasteiger charge is -2.19. The van der Waals surface area contributed by atoms with E-state index in [4.69, 9.17) is 14.2 Å². The molecular weight excluding hydrogens is 378 g/mol. The maximum atomic E-state index is 12.6. The monoisotopic (exact) mass is 403 g/mol. The SMILES string of the molecule is C[C@H](NC(=O)[C@H]1CC(=O)N(c2ccc3c(c2)OCO3)C1)C(=O)NC[C@H]1CCCO1. The average Bonchev–Trinajstić information content (AvgIpc) is 3.45. The van der Waals surface area contributed by atoms with Gasteiger partial charge in [0.05, 0.1) is 12.0 Å². The number of rotatable bonds is 6. The predicted octanol–water partition coefficient (Wildman–Crippen LogP) is 0.568. The Bertz CT molecular complexity index is 807. The van der Waals surface area contributed by atoms with Crippen LogP contribution in [-0.4, -0.2) is 56.4 Å². The normalized spacial score (nSPS) is 23.9. The molecule has 0 radical (unpaired) electrons. The molecule has 1 aromatic carbocycles. The van der Waals surface area contributed by atoms with Gasteiger partial charge in [-0.25, -0.2) is 0 Å². The first kappa shape index (κ1) is 19.5. The smallest absolute Gasteiger partial charge is 0.242 e. The van der Waals surface area contributed by atoms with Crippen LogP contribution in [-0.2, 0) is 19.1 Å². The molecule has 2 N–H and O–H groups in total. The van der Waals surface area contributed by atoms with E-state index in [1.165, 1.54) is 0 Å². The van der Waals surface area contributed by atoms with Crippen LogP contribution in [0.3, 0.4) is 0 Å². The van der Waals surface area contributed by atoms with Gasteiger partial charge >= 0.3 is 0 Å². The number of hydrogen-bond donors (Lipinski definition) is 2. The average molecular weight is 403 g/mol. The molecule has 0 bridgehead atoms. The summed E-state index contributed by atoms with van der Waals surface area (Å²) in [6.07, 6.45) is 2.08. The quantitative estimate of drug-likeness (QED) is 0.719. The van der Waals surface area contributed by atoms with Crippen LogP contribution < -0.4 is 25.0 Å². The number of amides is 3. The summed E-state index contributed by atoms with van der Waals surface area (Å²) >= 11 is 0.